The highest BCUT2D eigenvalue weighted by molar-refractivity contribution is 5.68. The van der Waals surface area contributed by atoms with E-state index in [1.807, 2.05) is 0 Å². The quantitative estimate of drug-likeness (QED) is 0.532. The van der Waals surface area contributed by atoms with Crippen LogP contribution in [0.4, 0.5) is 22.4 Å². The average Bonchev–Trinajstić information content (AvgIpc) is 3.27. The Morgan fingerprint density at radius 3 is 2.29 bits per heavy atom. The number of hydrogen-bond acceptors (Lipinski definition) is 5. The van der Waals surface area contributed by atoms with E-state index in [9.17, 15) is 22.4 Å². The Balaban J connectivity index is 1.48. The van der Waals surface area contributed by atoms with Gasteiger partial charge in [-0.15, -0.1) is 10.2 Å². The first kappa shape index (κ1) is 24.2. The van der Waals surface area contributed by atoms with Gasteiger partial charge in [-0.05, 0) is 76.1 Å². The van der Waals surface area contributed by atoms with E-state index < -0.39 is 35.1 Å². The summed E-state index contributed by atoms with van der Waals surface area (Å²) < 4.78 is 66.2. The fraction of sp³-hybridized carbons (Fsp3) is 0.542. The number of nitrogens with zero attached hydrogens (tertiary/aromatic N) is 3. The van der Waals surface area contributed by atoms with E-state index >= 15 is 0 Å². The summed E-state index contributed by atoms with van der Waals surface area (Å²) in [6, 6.07) is 4.69. The molecule has 10 heteroatoms. The van der Waals surface area contributed by atoms with Gasteiger partial charge in [-0.3, -0.25) is 0 Å². The Morgan fingerprint density at radius 1 is 1.06 bits per heavy atom. The third-order valence-corrected chi connectivity index (χ3v) is 6.18. The number of aryl methyl sites for hydroxylation is 1. The molecule has 6 nitrogen and oxygen atoms in total. The Kier molecular flexibility index (Phi) is 6.20. The molecule has 0 unspecified atom stereocenters. The Bertz CT molecular complexity index is 1070. The second-order valence-corrected chi connectivity index (χ2v) is 10.0. The largest absolute Gasteiger partial charge is 0.473 e. The molecule has 4 rings (SSSR count). The van der Waals surface area contributed by atoms with Crippen LogP contribution < -0.4 is 4.74 Å². The van der Waals surface area contributed by atoms with Crippen molar-refractivity contribution in [2.24, 2.45) is 11.8 Å². The van der Waals surface area contributed by atoms with Crippen molar-refractivity contribution in [3.8, 4) is 17.1 Å². The van der Waals surface area contributed by atoms with Gasteiger partial charge in [0, 0.05) is 18.7 Å². The van der Waals surface area contributed by atoms with Gasteiger partial charge in [0.05, 0.1) is 5.69 Å². The maximum Gasteiger partial charge on any atom is 0.421 e. The van der Waals surface area contributed by atoms with Crippen LogP contribution in [0.2, 0.25) is 0 Å². The van der Waals surface area contributed by atoms with Crippen molar-refractivity contribution in [3.63, 3.8) is 0 Å². The predicted octanol–water partition coefficient (Wildman–Crippen LogP) is 5.63. The van der Waals surface area contributed by atoms with Crippen molar-refractivity contribution < 1.29 is 31.8 Å². The second-order valence-electron chi connectivity index (χ2n) is 10.0. The maximum absolute atomic E-state index is 13.8. The molecule has 2 aliphatic rings. The zero-order valence-corrected chi connectivity index (χ0v) is 19.4. The first-order valence-corrected chi connectivity index (χ1v) is 11.2. The predicted molar refractivity (Wildman–Crippen MR) is 116 cm³/mol. The number of halogens is 4. The number of amides is 1. The number of hydrogen-bond donors (Lipinski definition) is 0. The first-order valence-electron chi connectivity index (χ1n) is 11.2. The molecule has 1 aliphatic heterocycles. The van der Waals surface area contributed by atoms with Gasteiger partial charge in [-0.1, -0.05) is 6.07 Å². The minimum Gasteiger partial charge on any atom is -0.473 e. The molecule has 1 aliphatic carbocycles. The Labute approximate surface area is 195 Å². The van der Waals surface area contributed by atoms with Crippen molar-refractivity contribution in [1.82, 2.24) is 15.1 Å². The summed E-state index contributed by atoms with van der Waals surface area (Å²) in [5, 5.41) is 7.63. The lowest BCUT2D eigenvalue weighted by Gasteiger charge is -2.25. The fourth-order valence-corrected chi connectivity index (χ4v) is 4.65. The molecule has 3 atom stereocenters. The average molecular weight is 481 g/mol. The van der Waals surface area contributed by atoms with Crippen LogP contribution in [-0.2, 0) is 10.9 Å². The zero-order valence-electron chi connectivity index (χ0n) is 19.4. The van der Waals surface area contributed by atoms with E-state index in [0.717, 1.165) is 12.1 Å². The summed E-state index contributed by atoms with van der Waals surface area (Å²) in [6.45, 7) is 8.01. The van der Waals surface area contributed by atoms with Gasteiger partial charge < -0.3 is 14.4 Å². The number of aromatic nitrogens is 2. The standard InChI is InChI=1S/C24H27F4N3O3/c1-13-5-6-16(25)9-18(13)20-10-19(24(26,27)28)21(30-29-20)33-17-7-14-11-31(12-15(14)8-17)22(32)34-23(2,3)4/h5-6,9-10,14-15,17H,7-8,11-12H2,1-4H3/t14-,15+,17+. The number of ether oxygens (including phenoxy) is 2. The van der Waals surface area contributed by atoms with Crippen LogP contribution >= 0.6 is 0 Å². The highest BCUT2D eigenvalue weighted by Gasteiger charge is 2.45. The summed E-state index contributed by atoms with van der Waals surface area (Å²) in [7, 11) is 0. The lowest BCUT2D eigenvalue weighted by Crippen LogP contribution is -2.36. The summed E-state index contributed by atoms with van der Waals surface area (Å²) in [4.78, 5) is 14.0. The van der Waals surface area contributed by atoms with E-state index in [-0.39, 0.29) is 29.2 Å². The SMILES string of the molecule is Cc1ccc(F)cc1-c1cc(C(F)(F)F)c(O[C@H]2C[C@@H]3CN(C(=O)OC(C)(C)C)C[C@@H]3C2)nn1. The van der Waals surface area contributed by atoms with Crippen LogP contribution in [0.1, 0.15) is 44.7 Å². The lowest BCUT2D eigenvalue weighted by molar-refractivity contribution is -0.139. The van der Waals surface area contributed by atoms with Gasteiger partial charge in [0.15, 0.2) is 0 Å². The van der Waals surface area contributed by atoms with Crippen LogP contribution in [0, 0.1) is 24.6 Å². The van der Waals surface area contributed by atoms with Gasteiger partial charge in [0.2, 0.25) is 5.88 Å². The maximum atomic E-state index is 13.8. The Morgan fingerprint density at radius 2 is 1.71 bits per heavy atom. The van der Waals surface area contributed by atoms with Crippen molar-refractivity contribution in [1.29, 1.82) is 0 Å². The molecule has 1 aromatic carbocycles. The summed E-state index contributed by atoms with van der Waals surface area (Å²) in [5.74, 6) is -0.920. The minimum atomic E-state index is -4.72. The highest BCUT2D eigenvalue weighted by Crippen LogP contribution is 2.42. The van der Waals surface area contributed by atoms with E-state index in [0.29, 0.717) is 31.5 Å². The molecule has 2 heterocycles. The van der Waals surface area contributed by atoms with Crippen molar-refractivity contribution >= 4 is 6.09 Å². The van der Waals surface area contributed by atoms with E-state index in [2.05, 4.69) is 10.2 Å². The van der Waals surface area contributed by atoms with Crippen LogP contribution in [-0.4, -0.2) is 46.0 Å². The van der Waals surface area contributed by atoms with Crippen LogP contribution in [0.25, 0.3) is 11.3 Å². The third-order valence-electron chi connectivity index (χ3n) is 6.18. The summed E-state index contributed by atoms with van der Waals surface area (Å²) >= 11 is 0. The molecule has 1 amide bonds. The molecule has 0 spiro atoms. The normalized spacial score (nSPS) is 22.6. The summed E-state index contributed by atoms with van der Waals surface area (Å²) in [5.41, 5.74) is -0.900. The van der Waals surface area contributed by atoms with Crippen molar-refractivity contribution in [2.75, 3.05) is 13.1 Å². The van der Waals surface area contributed by atoms with E-state index in [1.165, 1.54) is 12.1 Å². The van der Waals surface area contributed by atoms with Crippen LogP contribution in [0.15, 0.2) is 24.3 Å². The van der Waals surface area contributed by atoms with Gasteiger partial charge in [-0.25, -0.2) is 9.18 Å². The first-order chi connectivity index (χ1) is 15.8. The number of carbonyl (C=O) groups is 1. The lowest BCUT2D eigenvalue weighted by atomic mass is 10.0. The molecular weight excluding hydrogens is 454 g/mol. The number of fused-ring (bicyclic) bond motifs is 1. The molecule has 1 aromatic heterocycles. The molecule has 1 saturated heterocycles. The molecule has 184 valence electrons. The molecule has 0 N–H and O–H groups in total. The molecule has 0 bridgehead atoms. The molecule has 2 fully saturated rings. The van der Waals surface area contributed by atoms with E-state index in [4.69, 9.17) is 9.47 Å². The smallest absolute Gasteiger partial charge is 0.421 e. The van der Waals surface area contributed by atoms with Crippen molar-refractivity contribution in [3.05, 3.63) is 41.2 Å². The van der Waals surface area contributed by atoms with Gasteiger partial charge in [-0.2, -0.15) is 13.2 Å². The molecular formula is C24H27F4N3O3. The molecule has 1 saturated carbocycles. The summed E-state index contributed by atoms with van der Waals surface area (Å²) in [6.07, 6.45) is -4.55. The van der Waals surface area contributed by atoms with E-state index in [1.54, 1.807) is 32.6 Å². The van der Waals surface area contributed by atoms with Crippen molar-refractivity contribution in [2.45, 2.75) is 58.4 Å². The van der Waals surface area contributed by atoms with Gasteiger partial charge >= 0.3 is 12.3 Å². The van der Waals surface area contributed by atoms with Crippen LogP contribution in [0.5, 0.6) is 5.88 Å². The number of likely N-dealkylation sites (tertiary alicyclic amines) is 1. The number of alkyl halides is 3. The monoisotopic (exact) mass is 481 g/mol. The Hall–Kier alpha value is -2.91. The fourth-order valence-electron chi connectivity index (χ4n) is 4.65. The van der Waals surface area contributed by atoms with Crippen LogP contribution in [0.3, 0.4) is 0 Å². The number of rotatable bonds is 3. The number of benzene rings is 1. The minimum absolute atomic E-state index is 0.0760. The molecule has 2 aromatic rings. The zero-order chi connectivity index (χ0) is 24.8. The van der Waals surface area contributed by atoms with Gasteiger partial charge in [0.25, 0.3) is 0 Å². The highest BCUT2D eigenvalue weighted by atomic mass is 19.4. The number of carbonyl (C=O) groups excluding carboxylic acids is 1. The molecule has 34 heavy (non-hydrogen) atoms. The molecule has 0 radical (unpaired) electrons. The van der Waals surface area contributed by atoms with Gasteiger partial charge in [0.1, 0.15) is 23.1 Å². The second kappa shape index (κ2) is 8.70. The third kappa shape index (κ3) is 5.26. The topological polar surface area (TPSA) is 64.5 Å².